The number of nitrogens with two attached hydrogens (primary N) is 1. The van der Waals surface area contributed by atoms with Gasteiger partial charge in [-0.15, -0.1) is 0 Å². The molecule has 0 fully saturated rings. The lowest BCUT2D eigenvalue weighted by molar-refractivity contribution is 0.711. The van der Waals surface area contributed by atoms with Crippen molar-refractivity contribution in [3.05, 3.63) is 36.0 Å². The summed E-state index contributed by atoms with van der Waals surface area (Å²) in [7, 11) is 3.93. The molecule has 1 aromatic carbocycles. The summed E-state index contributed by atoms with van der Waals surface area (Å²) < 4.78 is 1.84. The van der Waals surface area contributed by atoms with Gasteiger partial charge in [0.1, 0.15) is 0 Å². The van der Waals surface area contributed by atoms with Gasteiger partial charge >= 0.3 is 0 Å². The van der Waals surface area contributed by atoms with Gasteiger partial charge in [-0.3, -0.25) is 4.68 Å². The second kappa shape index (κ2) is 4.72. The molecule has 0 unspecified atom stereocenters. The van der Waals surface area contributed by atoms with Crippen molar-refractivity contribution >= 4 is 17.2 Å². The van der Waals surface area contributed by atoms with Crippen LogP contribution in [-0.4, -0.2) is 16.8 Å². The summed E-state index contributed by atoms with van der Waals surface area (Å²) >= 11 is 0. The van der Waals surface area contributed by atoms with E-state index >= 15 is 0 Å². The number of para-hydroxylation sites is 1. The molecule has 0 bridgehead atoms. The summed E-state index contributed by atoms with van der Waals surface area (Å²) in [5, 5.41) is 4.51. The fourth-order valence-corrected chi connectivity index (χ4v) is 2.15. The highest BCUT2D eigenvalue weighted by molar-refractivity contribution is 5.73. The molecule has 1 aromatic heterocycles. The highest BCUT2D eigenvalue weighted by Crippen LogP contribution is 2.33. The minimum atomic E-state index is 0.328. The standard InChI is InChI=1S/C14H20N4/c1-10(2)13-12(15)14(18(4)16-13)17(3)11-8-6-5-7-9-11/h5-10H,15H2,1-4H3. The molecule has 96 valence electrons. The van der Waals surface area contributed by atoms with Crippen molar-refractivity contribution in [2.75, 3.05) is 17.7 Å². The molecule has 2 aromatic rings. The number of aryl methyl sites for hydroxylation is 1. The van der Waals surface area contributed by atoms with E-state index in [0.717, 1.165) is 22.9 Å². The van der Waals surface area contributed by atoms with Crippen LogP contribution in [0, 0.1) is 0 Å². The molecule has 0 spiro atoms. The first-order valence-electron chi connectivity index (χ1n) is 6.13. The van der Waals surface area contributed by atoms with Crippen LogP contribution < -0.4 is 10.6 Å². The lowest BCUT2D eigenvalue weighted by Crippen LogP contribution is -2.14. The van der Waals surface area contributed by atoms with Crippen molar-refractivity contribution in [3.8, 4) is 0 Å². The van der Waals surface area contributed by atoms with Gasteiger partial charge in [-0.25, -0.2) is 0 Å². The van der Waals surface area contributed by atoms with E-state index in [9.17, 15) is 0 Å². The minimum Gasteiger partial charge on any atom is -0.394 e. The van der Waals surface area contributed by atoms with E-state index in [2.05, 4.69) is 36.0 Å². The van der Waals surface area contributed by atoms with E-state index in [1.165, 1.54) is 0 Å². The summed E-state index contributed by atoms with van der Waals surface area (Å²) in [5.74, 6) is 1.26. The number of hydrogen-bond donors (Lipinski definition) is 1. The Hall–Kier alpha value is -1.97. The van der Waals surface area contributed by atoms with E-state index in [1.54, 1.807) is 0 Å². The van der Waals surface area contributed by atoms with Gasteiger partial charge in [0.25, 0.3) is 0 Å². The van der Waals surface area contributed by atoms with Crippen LogP contribution in [0.4, 0.5) is 17.2 Å². The van der Waals surface area contributed by atoms with Gasteiger partial charge in [-0.05, 0) is 18.1 Å². The van der Waals surface area contributed by atoms with Gasteiger partial charge in [-0.1, -0.05) is 32.0 Å². The number of rotatable bonds is 3. The molecule has 0 amide bonds. The summed E-state index contributed by atoms with van der Waals surface area (Å²) in [4.78, 5) is 2.06. The average molecular weight is 244 g/mol. The van der Waals surface area contributed by atoms with Gasteiger partial charge in [-0.2, -0.15) is 5.10 Å². The van der Waals surface area contributed by atoms with Crippen LogP contribution in [0.2, 0.25) is 0 Å². The van der Waals surface area contributed by atoms with Crippen molar-refractivity contribution in [2.24, 2.45) is 7.05 Å². The van der Waals surface area contributed by atoms with Crippen molar-refractivity contribution in [2.45, 2.75) is 19.8 Å². The Labute approximate surface area is 108 Å². The maximum absolute atomic E-state index is 6.22. The van der Waals surface area contributed by atoms with Gasteiger partial charge in [0.2, 0.25) is 0 Å². The molecule has 4 heteroatoms. The van der Waals surface area contributed by atoms with Crippen LogP contribution in [0.5, 0.6) is 0 Å². The molecular formula is C14H20N4. The normalized spacial score (nSPS) is 10.9. The number of nitrogens with zero attached hydrogens (tertiary/aromatic N) is 3. The monoisotopic (exact) mass is 244 g/mol. The Kier molecular flexibility index (Phi) is 3.28. The minimum absolute atomic E-state index is 0.328. The first-order valence-corrected chi connectivity index (χ1v) is 6.13. The summed E-state index contributed by atoms with van der Waals surface area (Å²) in [6, 6.07) is 10.1. The molecule has 0 saturated heterocycles. The predicted molar refractivity (Wildman–Crippen MR) is 76.2 cm³/mol. The van der Waals surface area contributed by atoms with Crippen molar-refractivity contribution in [1.82, 2.24) is 9.78 Å². The smallest absolute Gasteiger partial charge is 0.154 e. The molecule has 2 N–H and O–H groups in total. The second-order valence-corrected chi connectivity index (χ2v) is 4.80. The van der Waals surface area contributed by atoms with Crippen LogP contribution in [0.15, 0.2) is 30.3 Å². The van der Waals surface area contributed by atoms with Crippen LogP contribution in [0.3, 0.4) is 0 Å². The summed E-state index contributed by atoms with van der Waals surface area (Å²) in [6.07, 6.45) is 0. The highest BCUT2D eigenvalue weighted by atomic mass is 15.4. The third-order valence-electron chi connectivity index (χ3n) is 3.09. The quantitative estimate of drug-likeness (QED) is 0.903. The van der Waals surface area contributed by atoms with Crippen LogP contribution in [-0.2, 0) is 7.05 Å². The van der Waals surface area contributed by atoms with Crippen LogP contribution in [0.1, 0.15) is 25.5 Å². The zero-order valence-corrected chi connectivity index (χ0v) is 11.4. The number of aromatic nitrogens is 2. The third kappa shape index (κ3) is 2.06. The molecule has 18 heavy (non-hydrogen) atoms. The molecule has 2 rings (SSSR count). The zero-order chi connectivity index (χ0) is 13.3. The van der Waals surface area contributed by atoms with Crippen LogP contribution >= 0.6 is 0 Å². The molecule has 0 aliphatic heterocycles. The molecule has 0 aliphatic rings. The summed E-state index contributed by atoms with van der Waals surface area (Å²) in [5.41, 5.74) is 9.03. The molecule has 1 heterocycles. The third-order valence-corrected chi connectivity index (χ3v) is 3.09. The fourth-order valence-electron chi connectivity index (χ4n) is 2.15. The Morgan fingerprint density at radius 3 is 2.33 bits per heavy atom. The Morgan fingerprint density at radius 1 is 1.22 bits per heavy atom. The fraction of sp³-hybridized carbons (Fsp3) is 0.357. The van der Waals surface area contributed by atoms with Crippen molar-refractivity contribution < 1.29 is 0 Å². The maximum Gasteiger partial charge on any atom is 0.154 e. The number of hydrogen-bond acceptors (Lipinski definition) is 3. The zero-order valence-electron chi connectivity index (χ0n) is 11.4. The van der Waals surface area contributed by atoms with Crippen molar-refractivity contribution in [1.29, 1.82) is 0 Å². The second-order valence-electron chi connectivity index (χ2n) is 4.80. The maximum atomic E-state index is 6.22. The molecule has 0 aliphatic carbocycles. The lowest BCUT2D eigenvalue weighted by atomic mass is 10.1. The van der Waals surface area contributed by atoms with Gasteiger partial charge < -0.3 is 10.6 Å². The Balaban J connectivity index is 2.46. The predicted octanol–water partition coefficient (Wildman–Crippen LogP) is 2.89. The Bertz CT molecular complexity index is 528. The largest absolute Gasteiger partial charge is 0.394 e. The van der Waals surface area contributed by atoms with Gasteiger partial charge in [0.05, 0.1) is 11.4 Å². The van der Waals surface area contributed by atoms with Crippen LogP contribution in [0.25, 0.3) is 0 Å². The molecule has 0 atom stereocenters. The topological polar surface area (TPSA) is 47.1 Å². The van der Waals surface area contributed by atoms with Gasteiger partial charge in [0, 0.05) is 19.8 Å². The molecule has 0 saturated carbocycles. The highest BCUT2D eigenvalue weighted by Gasteiger charge is 2.19. The van der Waals surface area contributed by atoms with E-state index in [4.69, 9.17) is 5.73 Å². The SMILES string of the molecule is CC(C)c1nn(C)c(N(C)c2ccccc2)c1N. The number of anilines is 3. The van der Waals surface area contributed by atoms with Gasteiger partial charge in [0.15, 0.2) is 5.82 Å². The van der Waals surface area contributed by atoms with E-state index < -0.39 is 0 Å². The first-order chi connectivity index (χ1) is 8.52. The van der Waals surface area contributed by atoms with E-state index in [0.29, 0.717) is 5.92 Å². The van der Waals surface area contributed by atoms with E-state index in [-0.39, 0.29) is 0 Å². The lowest BCUT2D eigenvalue weighted by Gasteiger charge is -2.20. The number of nitrogen functional groups attached to an aromatic ring is 1. The summed E-state index contributed by atoms with van der Waals surface area (Å²) in [6.45, 7) is 4.20. The Morgan fingerprint density at radius 2 is 1.83 bits per heavy atom. The average Bonchev–Trinajstić information content (AvgIpc) is 2.65. The molecule has 0 radical (unpaired) electrons. The molecule has 4 nitrogen and oxygen atoms in total. The van der Waals surface area contributed by atoms with E-state index in [1.807, 2.05) is 37.0 Å². The van der Waals surface area contributed by atoms with Crippen molar-refractivity contribution in [3.63, 3.8) is 0 Å². The first kappa shape index (κ1) is 12.5. The number of benzene rings is 1. The molecular weight excluding hydrogens is 224 g/mol.